The summed E-state index contributed by atoms with van der Waals surface area (Å²) in [5, 5.41) is 0. The van der Waals surface area contributed by atoms with Crippen molar-refractivity contribution in [3.63, 3.8) is 0 Å². The zero-order valence-corrected chi connectivity index (χ0v) is 6.96. The highest BCUT2D eigenvalue weighted by molar-refractivity contribution is 5.25. The third kappa shape index (κ3) is 2.33. The van der Waals surface area contributed by atoms with Crippen LogP contribution in [0.5, 0.6) is 0 Å². The number of hydrogen-bond donors (Lipinski definition) is 0. The fourth-order valence-corrected chi connectivity index (χ4v) is 0.793. The van der Waals surface area contributed by atoms with E-state index in [1.165, 1.54) is 6.92 Å². The summed E-state index contributed by atoms with van der Waals surface area (Å²) < 4.78 is 35.9. The minimum Gasteiger partial charge on any atom is -0.207 e. The minimum absolute atomic E-state index is 0. The quantitative estimate of drug-likeness (QED) is 0.601. The fourth-order valence-electron chi connectivity index (χ4n) is 0.793. The number of benzene rings is 1. The van der Waals surface area contributed by atoms with E-state index < -0.39 is 11.9 Å². The molecule has 0 aliphatic rings. The van der Waals surface area contributed by atoms with Crippen LogP contribution in [0.2, 0.25) is 0 Å². The van der Waals surface area contributed by atoms with Crippen LogP contribution in [0.25, 0.3) is 0 Å². The third-order valence-corrected chi connectivity index (χ3v) is 1.54. The van der Waals surface area contributed by atoms with E-state index in [0.717, 1.165) is 0 Å². The SMILES string of the molecule is C.[2H]c1c([2H])c(C(C)C)c([2H])c(C)c1F. The summed E-state index contributed by atoms with van der Waals surface area (Å²) >= 11 is 0. The normalized spacial score (nSPS) is 13.2. The Bertz CT molecular complexity index is 344. The second-order valence-corrected chi connectivity index (χ2v) is 2.88. The van der Waals surface area contributed by atoms with Crippen molar-refractivity contribution in [1.82, 2.24) is 0 Å². The molecule has 0 radical (unpaired) electrons. The molecule has 0 saturated carbocycles. The largest absolute Gasteiger partial charge is 0.207 e. The first-order chi connectivity index (χ1) is 6.37. The first kappa shape index (κ1) is 6.64. The molecule has 1 aromatic carbocycles. The number of hydrogen-bond acceptors (Lipinski definition) is 0. The summed E-state index contributed by atoms with van der Waals surface area (Å²) in [6, 6.07) is -0.506. The van der Waals surface area contributed by atoms with Gasteiger partial charge in [0.1, 0.15) is 5.82 Å². The van der Waals surface area contributed by atoms with E-state index in [0.29, 0.717) is 5.56 Å². The van der Waals surface area contributed by atoms with E-state index in [4.69, 9.17) is 4.11 Å². The highest BCUT2D eigenvalue weighted by Crippen LogP contribution is 2.16. The van der Waals surface area contributed by atoms with E-state index in [2.05, 4.69) is 0 Å². The van der Waals surface area contributed by atoms with Gasteiger partial charge in [0, 0.05) is 0 Å². The van der Waals surface area contributed by atoms with Crippen LogP contribution in [0.3, 0.4) is 0 Å². The van der Waals surface area contributed by atoms with E-state index in [1.54, 1.807) is 0 Å². The van der Waals surface area contributed by atoms with Gasteiger partial charge in [-0.05, 0) is 30.0 Å². The Labute approximate surface area is 78.6 Å². The molecular formula is C11H17F. The van der Waals surface area contributed by atoms with Crippen LogP contribution in [0, 0.1) is 12.7 Å². The topological polar surface area (TPSA) is 0 Å². The van der Waals surface area contributed by atoms with Gasteiger partial charge < -0.3 is 0 Å². The van der Waals surface area contributed by atoms with Crippen molar-refractivity contribution in [2.45, 2.75) is 34.1 Å². The molecule has 0 aliphatic heterocycles. The Morgan fingerprint density at radius 3 is 2.50 bits per heavy atom. The molecule has 0 atom stereocenters. The third-order valence-electron chi connectivity index (χ3n) is 1.54. The molecule has 0 heterocycles. The second kappa shape index (κ2) is 4.24. The average molecular weight is 171 g/mol. The van der Waals surface area contributed by atoms with Gasteiger partial charge in [0.15, 0.2) is 0 Å². The van der Waals surface area contributed by atoms with Crippen molar-refractivity contribution in [2.75, 3.05) is 0 Å². The average Bonchev–Trinajstić information content (AvgIpc) is 2.11. The second-order valence-electron chi connectivity index (χ2n) is 2.88. The molecule has 0 N–H and O–H groups in total. The lowest BCUT2D eigenvalue weighted by molar-refractivity contribution is 0.616. The van der Waals surface area contributed by atoms with Gasteiger partial charge in [0.25, 0.3) is 0 Å². The Balaban J connectivity index is 0.00000196. The predicted octanol–water partition coefficient (Wildman–Crippen LogP) is 3.89. The Morgan fingerprint density at radius 2 is 2.00 bits per heavy atom. The Morgan fingerprint density at radius 1 is 1.42 bits per heavy atom. The van der Waals surface area contributed by atoms with Crippen LogP contribution < -0.4 is 0 Å². The maximum Gasteiger partial charge on any atom is 0.126 e. The molecule has 68 valence electrons. The number of halogens is 1. The van der Waals surface area contributed by atoms with Crippen LogP contribution in [0.1, 0.15) is 42.4 Å². The molecule has 0 saturated heterocycles. The van der Waals surface area contributed by atoms with Crippen LogP contribution in [0.15, 0.2) is 18.1 Å². The molecule has 0 aromatic heterocycles. The molecule has 0 spiro atoms. The smallest absolute Gasteiger partial charge is 0.126 e. The van der Waals surface area contributed by atoms with E-state index in [1.807, 2.05) is 13.8 Å². The van der Waals surface area contributed by atoms with Gasteiger partial charge in [-0.1, -0.05) is 33.4 Å². The first-order valence-corrected chi connectivity index (χ1v) is 3.63. The Kier molecular flexibility index (Phi) is 2.35. The van der Waals surface area contributed by atoms with Gasteiger partial charge in [-0.15, -0.1) is 0 Å². The summed E-state index contributed by atoms with van der Waals surface area (Å²) in [5.74, 6) is -0.775. The summed E-state index contributed by atoms with van der Waals surface area (Å²) in [5.41, 5.74) is 0.614. The lowest BCUT2D eigenvalue weighted by atomic mass is 10.0. The maximum atomic E-state index is 13.3. The van der Waals surface area contributed by atoms with Crippen molar-refractivity contribution in [3.05, 3.63) is 35.1 Å². The Hall–Kier alpha value is -0.850. The molecule has 1 heteroatoms. The highest BCUT2D eigenvalue weighted by atomic mass is 19.1. The molecule has 0 nitrogen and oxygen atoms in total. The molecule has 12 heavy (non-hydrogen) atoms. The van der Waals surface area contributed by atoms with Crippen LogP contribution in [-0.4, -0.2) is 0 Å². The zero-order chi connectivity index (χ0) is 11.0. The molecule has 0 unspecified atom stereocenters. The lowest BCUT2D eigenvalue weighted by Crippen LogP contribution is -1.89. The van der Waals surface area contributed by atoms with Gasteiger partial charge in [0.05, 0.1) is 4.11 Å². The van der Waals surface area contributed by atoms with Crippen molar-refractivity contribution < 1.29 is 8.50 Å². The molecule has 1 aromatic rings. The first-order valence-electron chi connectivity index (χ1n) is 5.13. The molecule has 1 rings (SSSR count). The van der Waals surface area contributed by atoms with E-state index in [9.17, 15) is 4.39 Å². The number of rotatable bonds is 1. The maximum absolute atomic E-state index is 13.3. The fraction of sp³-hybridized carbons (Fsp3) is 0.455. The summed E-state index contributed by atoms with van der Waals surface area (Å²) in [4.78, 5) is 0. The van der Waals surface area contributed by atoms with Crippen LogP contribution >= 0.6 is 0 Å². The minimum atomic E-state index is -0.746. The van der Waals surface area contributed by atoms with Gasteiger partial charge in [0.2, 0.25) is 0 Å². The zero-order valence-electron chi connectivity index (χ0n) is 9.96. The molecule has 0 bridgehead atoms. The van der Waals surface area contributed by atoms with Crippen molar-refractivity contribution in [2.24, 2.45) is 0 Å². The van der Waals surface area contributed by atoms with Crippen molar-refractivity contribution >= 4 is 0 Å². The molecule has 0 fully saturated rings. The standard InChI is InChI=1S/C10H13F.CH4/c1-7(2)9-4-5-10(11)8(3)6-9;/h4-7H,1-3H3;1H4/i4D,5D,6D;. The predicted molar refractivity (Wildman–Crippen MR) is 52.0 cm³/mol. The van der Waals surface area contributed by atoms with Gasteiger partial charge >= 0.3 is 0 Å². The molecule has 0 amide bonds. The highest BCUT2D eigenvalue weighted by Gasteiger charge is 2.01. The monoisotopic (exact) mass is 171 g/mol. The van der Waals surface area contributed by atoms with E-state index in [-0.39, 0.29) is 31.0 Å². The van der Waals surface area contributed by atoms with Gasteiger partial charge in [-0.3, -0.25) is 0 Å². The van der Waals surface area contributed by atoms with Crippen LogP contribution in [0.4, 0.5) is 4.39 Å². The van der Waals surface area contributed by atoms with Crippen molar-refractivity contribution in [1.29, 1.82) is 0 Å². The van der Waals surface area contributed by atoms with Crippen LogP contribution in [-0.2, 0) is 0 Å². The van der Waals surface area contributed by atoms with E-state index >= 15 is 0 Å². The van der Waals surface area contributed by atoms with Gasteiger partial charge in [-0.2, -0.15) is 0 Å². The van der Waals surface area contributed by atoms with Gasteiger partial charge in [-0.25, -0.2) is 4.39 Å². The molecule has 0 aliphatic carbocycles. The summed E-state index contributed by atoms with van der Waals surface area (Å²) in [7, 11) is 0. The van der Waals surface area contributed by atoms with Crippen molar-refractivity contribution in [3.8, 4) is 0 Å². The summed E-state index contributed by atoms with van der Waals surface area (Å²) in [6.45, 7) is 5.14. The lowest BCUT2D eigenvalue weighted by Gasteiger charge is -2.05. The summed E-state index contributed by atoms with van der Waals surface area (Å²) in [6.07, 6.45) is 0. The molecular weight excluding hydrogens is 151 g/mol.